The molecule has 21 heavy (non-hydrogen) atoms. The second kappa shape index (κ2) is 9.03. The fourth-order valence-electron chi connectivity index (χ4n) is 2.41. The molecule has 0 bridgehead atoms. The average molecular weight is 313 g/mol. The quantitative estimate of drug-likeness (QED) is 0.875. The molecular formula is C16H25ClN2O2. The third-order valence-corrected chi connectivity index (χ3v) is 3.77. The summed E-state index contributed by atoms with van der Waals surface area (Å²) in [6.07, 6.45) is 2.51. The van der Waals surface area contributed by atoms with Gasteiger partial charge in [-0.1, -0.05) is 24.3 Å². The van der Waals surface area contributed by atoms with Crippen molar-refractivity contribution in [2.45, 2.75) is 32.4 Å². The molecule has 118 valence electrons. The number of ether oxygens (including phenoxy) is 1. The Morgan fingerprint density at radius 3 is 2.86 bits per heavy atom. The number of nitrogens with zero attached hydrogens (tertiary/aromatic N) is 1. The van der Waals surface area contributed by atoms with Gasteiger partial charge in [-0.3, -0.25) is 4.79 Å². The summed E-state index contributed by atoms with van der Waals surface area (Å²) in [6.45, 7) is 4.73. The van der Waals surface area contributed by atoms with Crippen molar-refractivity contribution in [2.24, 2.45) is 0 Å². The second-order valence-electron chi connectivity index (χ2n) is 5.44. The molecule has 1 aromatic carbocycles. The lowest BCUT2D eigenvalue weighted by atomic mass is 10.1. The summed E-state index contributed by atoms with van der Waals surface area (Å²) in [5.74, 6) is 0.117. The van der Waals surface area contributed by atoms with E-state index in [1.54, 1.807) is 4.90 Å². The van der Waals surface area contributed by atoms with Crippen molar-refractivity contribution in [3.8, 4) is 0 Å². The minimum Gasteiger partial charge on any atom is -0.377 e. The standard InChI is InChI=1S/C16H24N2O2.ClH/c1-13-6-3-4-7-14(13)12-18(2)16(19)11-17-10-15-8-5-9-20-15;/h3-4,6-7,15,17H,5,8-12H2,1-2H3;1H. The van der Waals surface area contributed by atoms with Gasteiger partial charge < -0.3 is 15.0 Å². The number of nitrogens with one attached hydrogen (secondary N) is 1. The molecule has 2 rings (SSSR count). The van der Waals surface area contributed by atoms with Gasteiger partial charge in [0.15, 0.2) is 0 Å². The number of carbonyl (C=O) groups is 1. The number of hydrogen-bond donors (Lipinski definition) is 1. The highest BCUT2D eigenvalue weighted by molar-refractivity contribution is 5.85. The van der Waals surface area contributed by atoms with Gasteiger partial charge in [-0.15, -0.1) is 12.4 Å². The number of aryl methyl sites for hydroxylation is 1. The SMILES string of the molecule is Cc1ccccc1CN(C)C(=O)CNCC1CCCO1.Cl. The van der Waals surface area contributed by atoms with E-state index in [9.17, 15) is 4.79 Å². The zero-order valence-electron chi connectivity index (χ0n) is 12.8. The maximum atomic E-state index is 12.1. The van der Waals surface area contributed by atoms with E-state index in [0.29, 0.717) is 13.1 Å². The van der Waals surface area contributed by atoms with Crippen LogP contribution in [0.3, 0.4) is 0 Å². The molecule has 1 saturated heterocycles. The summed E-state index contributed by atoms with van der Waals surface area (Å²) in [5, 5.41) is 3.19. The zero-order valence-corrected chi connectivity index (χ0v) is 13.6. The molecule has 4 nitrogen and oxygen atoms in total. The van der Waals surface area contributed by atoms with Crippen molar-refractivity contribution < 1.29 is 9.53 Å². The van der Waals surface area contributed by atoms with E-state index >= 15 is 0 Å². The molecule has 1 unspecified atom stereocenters. The molecule has 1 aliphatic rings. The third kappa shape index (κ3) is 5.65. The van der Waals surface area contributed by atoms with Crippen LogP contribution in [0.25, 0.3) is 0 Å². The third-order valence-electron chi connectivity index (χ3n) is 3.77. The molecular weight excluding hydrogens is 288 g/mol. The normalized spacial score (nSPS) is 17.3. The molecule has 1 aromatic rings. The van der Waals surface area contributed by atoms with Gasteiger partial charge in [0, 0.05) is 26.7 Å². The first-order valence-electron chi connectivity index (χ1n) is 7.27. The van der Waals surface area contributed by atoms with Gasteiger partial charge in [0.25, 0.3) is 0 Å². The Hall–Kier alpha value is -1.10. The fraction of sp³-hybridized carbons (Fsp3) is 0.562. The summed E-state index contributed by atoms with van der Waals surface area (Å²) >= 11 is 0. The van der Waals surface area contributed by atoms with Gasteiger partial charge in [0.1, 0.15) is 0 Å². The predicted molar refractivity (Wildman–Crippen MR) is 86.7 cm³/mol. The van der Waals surface area contributed by atoms with Crippen LogP contribution in [0.5, 0.6) is 0 Å². The topological polar surface area (TPSA) is 41.6 Å². The molecule has 1 N–H and O–H groups in total. The summed E-state index contributed by atoms with van der Waals surface area (Å²) < 4.78 is 5.52. The lowest BCUT2D eigenvalue weighted by molar-refractivity contribution is -0.129. The van der Waals surface area contributed by atoms with Crippen LogP contribution in [0, 0.1) is 6.92 Å². The molecule has 1 amide bonds. The van der Waals surface area contributed by atoms with Crippen LogP contribution in [-0.2, 0) is 16.1 Å². The van der Waals surface area contributed by atoms with E-state index in [0.717, 1.165) is 26.0 Å². The van der Waals surface area contributed by atoms with Crippen molar-refractivity contribution >= 4 is 18.3 Å². The van der Waals surface area contributed by atoms with Crippen LogP contribution in [0.1, 0.15) is 24.0 Å². The van der Waals surface area contributed by atoms with Crippen molar-refractivity contribution in [3.63, 3.8) is 0 Å². The van der Waals surface area contributed by atoms with Crippen molar-refractivity contribution in [1.82, 2.24) is 10.2 Å². The Kier molecular flexibility index (Phi) is 7.72. The van der Waals surface area contributed by atoms with Crippen molar-refractivity contribution in [2.75, 3.05) is 26.7 Å². The smallest absolute Gasteiger partial charge is 0.236 e. The summed E-state index contributed by atoms with van der Waals surface area (Å²) in [5.41, 5.74) is 2.42. The Morgan fingerprint density at radius 1 is 1.43 bits per heavy atom. The van der Waals surface area contributed by atoms with Gasteiger partial charge in [-0.05, 0) is 30.9 Å². The molecule has 1 atom stereocenters. The van der Waals surface area contributed by atoms with E-state index in [2.05, 4.69) is 24.4 Å². The van der Waals surface area contributed by atoms with Gasteiger partial charge in [-0.2, -0.15) is 0 Å². The molecule has 0 radical (unpaired) electrons. The second-order valence-corrected chi connectivity index (χ2v) is 5.44. The van der Waals surface area contributed by atoms with Crippen LogP contribution < -0.4 is 5.32 Å². The van der Waals surface area contributed by atoms with Crippen LogP contribution in [0.2, 0.25) is 0 Å². The highest BCUT2D eigenvalue weighted by atomic mass is 35.5. The Labute approximate surface area is 133 Å². The maximum absolute atomic E-state index is 12.1. The van der Waals surface area contributed by atoms with E-state index in [4.69, 9.17) is 4.74 Å². The van der Waals surface area contributed by atoms with Crippen molar-refractivity contribution in [3.05, 3.63) is 35.4 Å². The summed E-state index contributed by atoms with van der Waals surface area (Å²) in [7, 11) is 1.85. The molecule has 0 saturated carbocycles. The number of benzene rings is 1. The van der Waals surface area contributed by atoms with Gasteiger partial charge in [0.2, 0.25) is 5.91 Å². The number of likely N-dealkylation sites (N-methyl/N-ethyl adjacent to an activating group) is 1. The molecule has 5 heteroatoms. The number of carbonyl (C=O) groups excluding carboxylic acids is 1. The lowest BCUT2D eigenvalue weighted by Gasteiger charge is -2.19. The monoisotopic (exact) mass is 312 g/mol. The first kappa shape index (κ1) is 18.0. The summed E-state index contributed by atoms with van der Waals surface area (Å²) in [4.78, 5) is 13.8. The predicted octanol–water partition coefficient (Wildman–Crippen LogP) is 2.14. The minimum atomic E-state index is 0. The van der Waals surface area contributed by atoms with Crippen molar-refractivity contribution in [1.29, 1.82) is 0 Å². The number of rotatable bonds is 6. The highest BCUT2D eigenvalue weighted by Crippen LogP contribution is 2.11. The Bertz CT molecular complexity index is 448. The van der Waals surface area contributed by atoms with Gasteiger partial charge in [0.05, 0.1) is 12.6 Å². The van der Waals surface area contributed by atoms with E-state index in [1.807, 2.05) is 19.2 Å². The lowest BCUT2D eigenvalue weighted by Crippen LogP contribution is -2.38. The largest absolute Gasteiger partial charge is 0.377 e. The molecule has 0 aliphatic carbocycles. The van der Waals surface area contributed by atoms with Crippen LogP contribution in [0.4, 0.5) is 0 Å². The molecule has 1 heterocycles. The first-order chi connectivity index (χ1) is 9.66. The van der Waals surface area contributed by atoms with Crippen LogP contribution >= 0.6 is 12.4 Å². The number of halogens is 1. The fourth-order valence-corrected chi connectivity index (χ4v) is 2.41. The van der Waals surface area contributed by atoms with Gasteiger partial charge >= 0.3 is 0 Å². The Morgan fingerprint density at radius 2 is 2.19 bits per heavy atom. The van der Waals surface area contributed by atoms with Gasteiger partial charge in [-0.25, -0.2) is 0 Å². The highest BCUT2D eigenvalue weighted by Gasteiger charge is 2.16. The van der Waals surface area contributed by atoms with Crippen LogP contribution in [0.15, 0.2) is 24.3 Å². The molecule has 1 fully saturated rings. The molecule has 0 aromatic heterocycles. The molecule has 1 aliphatic heterocycles. The Balaban J connectivity index is 0.00000220. The zero-order chi connectivity index (χ0) is 14.4. The average Bonchev–Trinajstić information content (AvgIpc) is 2.94. The molecule has 0 spiro atoms. The maximum Gasteiger partial charge on any atom is 0.236 e. The first-order valence-corrected chi connectivity index (χ1v) is 7.27. The number of hydrogen-bond acceptors (Lipinski definition) is 3. The van der Waals surface area contributed by atoms with E-state index in [1.165, 1.54) is 11.1 Å². The van der Waals surface area contributed by atoms with E-state index in [-0.39, 0.29) is 24.4 Å². The van der Waals surface area contributed by atoms with E-state index < -0.39 is 0 Å². The minimum absolute atomic E-state index is 0. The summed E-state index contributed by atoms with van der Waals surface area (Å²) in [6, 6.07) is 8.17. The number of amides is 1. The van der Waals surface area contributed by atoms with Crippen LogP contribution in [-0.4, -0.2) is 43.7 Å².